The summed E-state index contributed by atoms with van der Waals surface area (Å²) in [6, 6.07) is 1.84. The number of carbonyl (C=O) groups is 1. The van der Waals surface area contributed by atoms with Crippen LogP contribution in [0.4, 0.5) is 0 Å². The maximum Gasteiger partial charge on any atom is 0.300 e. The van der Waals surface area contributed by atoms with E-state index in [-0.39, 0.29) is 0 Å². The van der Waals surface area contributed by atoms with Crippen LogP contribution in [0.5, 0.6) is 0 Å². The monoisotopic (exact) mass is 176 g/mol. The average Bonchev–Trinajstić information content (AvgIpc) is 2.36. The van der Waals surface area contributed by atoms with Gasteiger partial charge in [0.1, 0.15) is 0 Å². The SMILES string of the molecule is CC(=O)O.ClCc1ccoc1. The molecule has 1 aromatic heterocycles. The van der Waals surface area contributed by atoms with Crippen molar-refractivity contribution in [1.29, 1.82) is 0 Å². The number of rotatable bonds is 1. The molecule has 0 aromatic carbocycles. The minimum atomic E-state index is -0.833. The molecule has 0 atom stereocenters. The van der Waals surface area contributed by atoms with Crippen LogP contribution >= 0.6 is 11.6 Å². The van der Waals surface area contributed by atoms with Crippen LogP contribution in [-0.2, 0) is 10.7 Å². The van der Waals surface area contributed by atoms with Gasteiger partial charge in [-0.25, -0.2) is 0 Å². The largest absolute Gasteiger partial charge is 0.481 e. The summed E-state index contributed by atoms with van der Waals surface area (Å²) in [6.45, 7) is 1.08. The molecule has 3 nitrogen and oxygen atoms in total. The third kappa shape index (κ3) is 6.93. The quantitative estimate of drug-likeness (QED) is 0.667. The molecule has 1 rings (SSSR count). The number of aliphatic carboxylic acids is 1. The minimum Gasteiger partial charge on any atom is -0.481 e. The molecule has 0 radical (unpaired) electrons. The van der Waals surface area contributed by atoms with Gasteiger partial charge in [0.25, 0.3) is 5.97 Å². The molecule has 0 spiro atoms. The Balaban J connectivity index is 0.000000218. The number of carboxylic acids is 1. The first-order chi connectivity index (χ1) is 5.16. The lowest BCUT2D eigenvalue weighted by Crippen LogP contribution is -1.78. The van der Waals surface area contributed by atoms with Crippen LogP contribution < -0.4 is 0 Å². The van der Waals surface area contributed by atoms with Gasteiger partial charge in [0, 0.05) is 12.5 Å². The van der Waals surface area contributed by atoms with Gasteiger partial charge >= 0.3 is 0 Å². The average molecular weight is 177 g/mol. The van der Waals surface area contributed by atoms with E-state index in [1.807, 2.05) is 6.07 Å². The Morgan fingerprint density at radius 3 is 2.55 bits per heavy atom. The van der Waals surface area contributed by atoms with Crippen LogP contribution in [0.3, 0.4) is 0 Å². The van der Waals surface area contributed by atoms with E-state index in [0.717, 1.165) is 12.5 Å². The fourth-order valence-corrected chi connectivity index (χ4v) is 0.521. The Bertz CT molecular complexity index is 189. The number of hydrogen-bond donors (Lipinski definition) is 1. The highest BCUT2D eigenvalue weighted by Gasteiger charge is 1.85. The summed E-state index contributed by atoms with van der Waals surface area (Å²) in [5.41, 5.74) is 1.03. The van der Waals surface area contributed by atoms with E-state index >= 15 is 0 Å². The highest BCUT2D eigenvalue weighted by Crippen LogP contribution is 2.01. The summed E-state index contributed by atoms with van der Waals surface area (Å²) in [6.07, 6.45) is 3.24. The molecule has 0 fully saturated rings. The predicted octanol–water partition coefficient (Wildman–Crippen LogP) is 2.11. The van der Waals surface area contributed by atoms with Gasteiger partial charge in [0.05, 0.1) is 18.4 Å². The molecule has 0 saturated heterocycles. The molecule has 0 saturated carbocycles. The third-order valence-electron chi connectivity index (χ3n) is 0.734. The van der Waals surface area contributed by atoms with Crippen molar-refractivity contribution in [2.45, 2.75) is 12.8 Å². The van der Waals surface area contributed by atoms with Crippen molar-refractivity contribution in [2.75, 3.05) is 0 Å². The van der Waals surface area contributed by atoms with E-state index < -0.39 is 5.97 Å². The van der Waals surface area contributed by atoms with Gasteiger partial charge in [0.2, 0.25) is 0 Å². The molecule has 11 heavy (non-hydrogen) atoms. The lowest BCUT2D eigenvalue weighted by Gasteiger charge is -1.74. The number of carboxylic acid groups (broad SMARTS) is 1. The number of furan rings is 1. The number of halogens is 1. The standard InChI is InChI=1S/C5H5ClO.C2H4O2/c6-3-5-1-2-7-4-5;1-2(3)4/h1-2,4H,3H2;1H3,(H,3,4). The van der Waals surface area contributed by atoms with Crippen LogP contribution in [0, 0.1) is 0 Å². The van der Waals surface area contributed by atoms with Gasteiger partial charge in [-0.3, -0.25) is 4.79 Å². The van der Waals surface area contributed by atoms with Crippen LogP contribution in [0.15, 0.2) is 23.0 Å². The van der Waals surface area contributed by atoms with Gasteiger partial charge < -0.3 is 9.52 Å². The maximum atomic E-state index is 9.00. The highest BCUT2D eigenvalue weighted by atomic mass is 35.5. The van der Waals surface area contributed by atoms with E-state index in [9.17, 15) is 0 Å². The Kier molecular flexibility index (Phi) is 5.29. The van der Waals surface area contributed by atoms with Crippen molar-refractivity contribution in [3.63, 3.8) is 0 Å². The Morgan fingerprint density at radius 2 is 2.36 bits per heavy atom. The highest BCUT2D eigenvalue weighted by molar-refractivity contribution is 6.17. The Hall–Kier alpha value is -0.960. The minimum absolute atomic E-state index is 0.538. The molecule has 0 amide bonds. The first kappa shape index (κ1) is 10.0. The summed E-state index contributed by atoms with van der Waals surface area (Å²) in [5.74, 6) is -0.295. The van der Waals surface area contributed by atoms with Gasteiger partial charge in [0.15, 0.2) is 0 Å². The third-order valence-corrected chi connectivity index (χ3v) is 1.04. The van der Waals surface area contributed by atoms with Crippen molar-refractivity contribution in [3.8, 4) is 0 Å². The summed E-state index contributed by atoms with van der Waals surface area (Å²) in [7, 11) is 0. The second-order valence-corrected chi connectivity index (χ2v) is 2.05. The van der Waals surface area contributed by atoms with Gasteiger partial charge in [-0.15, -0.1) is 11.6 Å². The van der Waals surface area contributed by atoms with Crippen molar-refractivity contribution in [1.82, 2.24) is 0 Å². The van der Waals surface area contributed by atoms with Crippen LogP contribution in [0.25, 0.3) is 0 Å². The molecule has 0 unspecified atom stereocenters. The second kappa shape index (κ2) is 5.80. The molecule has 0 aliphatic carbocycles. The summed E-state index contributed by atoms with van der Waals surface area (Å²) in [5, 5.41) is 7.42. The van der Waals surface area contributed by atoms with E-state index in [0.29, 0.717) is 5.88 Å². The lowest BCUT2D eigenvalue weighted by atomic mass is 10.4. The van der Waals surface area contributed by atoms with Crippen LogP contribution in [0.2, 0.25) is 0 Å². The van der Waals surface area contributed by atoms with Crippen LogP contribution in [0.1, 0.15) is 12.5 Å². The topological polar surface area (TPSA) is 50.4 Å². The van der Waals surface area contributed by atoms with Crippen molar-refractivity contribution in [3.05, 3.63) is 24.2 Å². The van der Waals surface area contributed by atoms with Gasteiger partial charge in [-0.1, -0.05) is 0 Å². The number of hydrogen-bond acceptors (Lipinski definition) is 2. The van der Waals surface area contributed by atoms with E-state index in [4.69, 9.17) is 25.9 Å². The molecular formula is C7H9ClO3. The van der Waals surface area contributed by atoms with Gasteiger partial charge in [-0.05, 0) is 6.07 Å². The van der Waals surface area contributed by atoms with E-state index in [1.54, 1.807) is 12.5 Å². The molecular weight excluding hydrogens is 168 g/mol. The zero-order valence-corrected chi connectivity index (χ0v) is 6.84. The Labute approximate surface area is 69.6 Å². The first-order valence-corrected chi connectivity index (χ1v) is 3.47. The smallest absolute Gasteiger partial charge is 0.300 e. The zero-order valence-electron chi connectivity index (χ0n) is 6.08. The summed E-state index contributed by atoms with van der Waals surface area (Å²) >= 11 is 5.41. The lowest BCUT2D eigenvalue weighted by molar-refractivity contribution is -0.134. The normalized spacial score (nSPS) is 8.18. The molecule has 4 heteroatoms. The maximum absolute atomic E-state index is 9.00. The molecule has 62 valence electrons. The molecule has 1 aromatic rings. The molecule has 0 aliphatic rings. The van der Waals surface area contributed by atoms with E-state index in [2.05, 4.69) is 0 Å². The molecule has 1 N–H and O–H groups in total. The zero-order chi connectivity index (χ0) is 8.69. The summed E-state index contributed by atoms with van der Waals surface area (Å²) in [4.78, 5) is 9.00. The first-order valence-electron chi connectivity index (χ1n) is 2.93. The van der Waals surface area contributed by atoms with Crippen molar-refractivity contribution < 1.29 is 14.3 Å². The second-order valence-electron chi connectivity index (χ2n) is 1.78. The van der Waals surface area contributed by atoms with Crippen molar-refractivity contribution in [2.24, 2.45) is 0 Å². The van der Waals surface area contributed by atoms with Gasteiger partial charge in [-0.2, -0.15) is 0 Å². The molecule has 1 heterocycles. The Morgan fingerprint density at radius 1 is 1.82 bits per heavy atom. The van der Waals surface area contributed by atoms with Crippen LogP contribution in [-0.4, -0.2) is 11.1 Å². The fraction of sp³-hybridized carbons (Fsp3) is 0.286. The predicted molar refractivity (Wildman–Crippen MR) is 41.6 cm³/mol. The molecule has 0 bridgehead atoms. The van der Waals surface area contributed by atoms with Crippen molar-refractivity contribution >= 4 is 17.6 Å². The number of alkyl halides is 1. The fourth-order valence-electron chi connectivity index (χ4n) is 0.369. The summed E-state index contributed by atoms with van der Waals surface area (Å²) < 4.78 is 4.72. The molecule has 0 aliphatic heterocycles. The van der Waals surface area contributed by atoms with E-state index in [1.165, 1.54) is 0 Å².